The van der Waals surface area contributed by atoms with E-state index in [1.807, 2.05) is 0 Å². The Kier molecular flexibility index (Phi) is 5.70. The van der Waals surface area contributed by atoms with Crippen molar-refractivity contribution in [2.24, 2.45) is 0 Å². The summed E-state index contributed by atoms with van der Waals surface area (Å²) in [4.78, 5) is 0. The first kappa shape index (κ1) is 12.4. The summed E-state index contributed by atoms with van der Waals surface area (Å²) in [5.74, 6) is -3.92. The highest BCUT2D eigenvalue weighted by Crippen LogP contribution is 2.21. The molecule has 0 fully saturated rings. The van der Waals surface area contributed by atoms with Crippen LogP contribution in [0.5, 0.6) is 0 Å². The van der Waals surface area contributed by atoms with Crippen LogP contribution in [0.2, 0.25) is 0 Å². The van der Waals surface area contributed by atoms with Gasteiger partial charge in [0.2, 0.25) is 0 Å². The van der Waals surface area contributed by atoms with Crippen LogP contribution in [-0.2, 0) is 0 Å². The molecule has 0 unspecified atom stereocenters. The standard InChI is InChI=1S/C8H13F4N/c1-2-3-4-5-13-6-8(11,12)7(9)10/h2,7,13H,1,3-6H2. The molecule has 0 aliphatic rings. The second-order valence-electron chi connectivity index (χ2n) is 2.67. The van der Waals surface area contributed by atoms with E-state index in [1.165, 1.54) is 0 Å². The predicted molar refractivity (Wildman–Crippen MR) is 43.3 cm³/mol. The highest BCUT2D eigenvalue weighted by atomic mass is 19.3. The van der Waals surface area contributed by atoms with Gasteiger partial charge in [0, 0.05) is 0 Å². The third-order valence-electron chi connectivity index (χ3n) is 1.44. The van der Waals surface area contributed by atoms with Gasteiger partial charge in [-0.2, -0.15) is 8.78 Å². The zero-order valence-electron chi connectivity index (χ0n) is 7.20. The van der Waals surface area contributed by atoms with Gasteiger partial charge >= 0.3 is 12.3 Å². The lowest BCUT2D eigenvalue weighted by Gasteiger charge is -2.15. The van der Waals surface area contributed by atoms with Crippen molar-refractivity contribution in [3.05, 3.63) is 12.7 Å². The number of alkyl halides is 4. The van der Waals surface area contributed by atoms with Crippen molar-refractivity contribution in [2.75, 3.05) is 13.1 Å². The molecule has 0 aromatic rings. The number of rotatable bonds is 7. The molecule has 0 rings (SSSR count). The van der Waals surface area contributed by atoms with E-state index in [4.69, 9.17) is 0 Å². The van der Waals surface area contributed by atoms with Crippen LogP contribution in [0.15, 0.2) is 12.7 Å². The summed E-state index contributed by atoms with van der Waals surface area (Å²) < 4.78 is 47.6. The fraction of sp³-hybridized carbons (Fsp3) is 0.750. The first-order chi connectivity index (χ1) is 6.00. The molecule has 0 atom stereocenters. The zero-order chi connectivity index (χ0) is 10.3. The molecule has 13 heavy (non-hydrogen) atoms. The van der Waals surface area contributed by atoms with Crippen LogP contribution in [0.3, 0.4) is 0 Å². The normalized spacial score (nSPS) is 12.1. The maximum absolute atomic E-state index is 12.2. The maximum Gasteiger partial charge on any atom is 0.319 e. The van der Waals surface area contributed by atoms with Crippen LogP contribution in [-0.4, -0.2) is 25.4 Å². The Labute approximate surface area is 74.8 Å². The minimum atomic E-state index is -3.92. The molecule has 1 nitrogen and oxygen atoms in total. The summed E-state index contributed by atoms with van der Waals surface area (Å²) in [5, 5.41) is 2.26. The van der Waals surface area contributed by atoms with Gasteiger partial charge in [-0.25, -0.2) is 8.78 Å². The highest BCUT2D eigenvalue weighted by Gasteiger charge is 2.39. The summed E-state index contributed by atoms with van der Waals surface area (Å²) in [6, 6.07) is 0. The van der Waals surface area contributed by atoms with Gasteiger partial charge in [0.25, 0.3) is 0 Å². The maximum atomic E-state index is 12.2. The number of allylic oxidation sites excluding steroid dienone is 1. The van der Waals surface area contributed by atoms with Crippen molar-refractivity contribution >= 4 is 0 Å². The number of hydrogen-bond donors (Lipinski definition) is 1. The summed E-state index contributed by atoms with van der Waals surface area (Å²) in [5.41, 5.74) is 0. The van der Waals surface area contributed by atoms with Crippen molar-refractivity contribution in [1.29, 1.82) is 0 Å². The first-order valence-electron chi connectivity index (χ1n) is 3.98. The molecule has 0 heterocycles. The molecule has 0 aliphatic heterocycles. The van der Waals surface area contributed by atoms with E-state index < -0.39 is 18.9 Å². The van der Waals surface area contributed by atoms with E-state index in [-0.39, 0.29) is 0 Å². The van der Waals surface area contributed by atoms with Crippen molar-refractivity contribution in [2.45, 2.75) is 25.2 Å². The number of unbranched alkanes of at least 4 members (excludes halogenated alkanes) is 1. The summed E-state index contributed by atoms with van der Waals surface area (Å²) in [7, 11) is 0. The van der Waals surface area contributed by atoms with Gasteiger partial charge < -0.3 is 5.32 Å². The minimum Gasteiger partial charge on any atom is -0.311 e. The van der Waals surface area contributed by atoms with Crippen LogP contribution in [0.25, 0.3) is 0 Å². The van der Waals surface area contributed by atoms with E-state index in [1.54, 1.807) is 6.08 Å². The fourth-order valence-corrected chi connectivity index (χ4v) is 0.704. The third-order valence-corrected chi connectivity index (χ3v) is 1.44. The van der Waals surface area contributed by atoms with Gasteiger partial charge in [0.15, 0.2) is 0 Å². The molecule has 0 aromatic heterocycles. The van der Waals surface area contributed by atoms with Crippen molar-refractivity contribution in [3.63, 3.8) is 0 Å². The SMILES string of the molecule is C=CCCCNCC(F)(F)C(F)F. The van der Waals surface area contributed by atoms with Crippen molar-refractivity contribution in [1.82, 2.24) is 5.32 Å². The van der Waals surface area contributed by atoms with Crippen molar-refractivity contribution < 1.29 is 17.6 Å². The van der Waals surface area contributed by atoms with E-state index in [9.17, 15) is 17.6 Å². The van der Waals surface area contributed by atoms with Gasteiger partial charge in [-0.15, -0.1) is 6.58 Å². The Morgan fingerprint density at radius 2 is 2.00 bits per heavy atom. The molecule has 0 saturated carbocycles. The van der Waals surface area contributed by atoms with E-state index >= 15 is 0 Å². The third kappa shape index (κ3) is 5.63. The Bertz CT molecular complexity index is 147. The number of halogens is 4. The smallest absolute Gasteiger partial charge is 0.311 e. The van der Waals surface area contributed by atoms with E-state index in [0.29, 0.717) is 19.4 Å². The van der Waals surface area contributed by atoms with E-state index in [2.05, 4.69) is 11.9 Å². The summed E-state index contributed by atoms with van der Waals surface area (Å²) >= 11 is 0. The van der Waals surface area contributed by atoms with Gasteiger partial charge in [-0.05, 0) is 19.4 Å². The lowest BCUT2D eigenvalue weighted by Crippen LogP contribution is -2.39. The van der Waals surface area contributed by atoms with Crippen LogP contribution in [0, 0.1) is 0 Å². The molecule has 0 spiro atoms. The first-order valence-corrected chi connectivity index (χ1v) is 3.98. The second-order valence-corrected chi connectivity index (χ2v) is 2.67. The van der Waals surface area contributed by atoms with Crippen molar-refractivity contribution in [3.8, 4) is 0 Å². The molecule has 0 amide bonds. The largest absolute Gasteiger partial charge is 0.319 e. The number of nitrogens with one attached hydrogen (secondary N) is 1. The van der Waals surface area contributed by atoms with Gasteiger partial charge in [0.05, 0.1) is 6.54 Å². The van der Waals surface area contributed by atoms with Crippen LogP contribution in [0.4, 0.5) is 17.6 Å². The predicted octanol–water partition coefficient (Wildman–Crippen LogP) is 2.44. The van der Waals surface area contributed by atoms with Gasteiger partial charge in [0.1, 0.15) is 0 Å². The zero-order valence-corrected chi connectivity index (χ0v) is 7.20. The minimum absolute atomic E-state index is 0.300. The molecule has 1 N–H and O–H groups in total. The van der Waals surface area contributed by atoms with Gasteiger partial charge in [-0.3, -0.25) is 0 Å². The molecule has 0 aliphatic carbocycles. The second kappa shape index (κ2) is 5.96. The molecule has 0 bridgehead atoms. The molecular weight excluding hydrogens is 186 g/mol. The topological polar surface area (TPSA) is 12.0 Å². The monoisotopic (exact) mass is 199 g/mol. The average Bonchev–Trinajstić information content (AvgIpc) is 2.03. The van der Waals surface area contributed by atoms with Crippen LogP contribution in [0.1, 0.15) is 12.8 Å². The quantitative estimate of drug-likeness (QED) is 0.377. The summed E-state index contributed by atoms with van der Waals surface area (Å²) in [6.45, 7) is 2.77. The molecule has 0 radical (unpaired) electrons. The number of hydrogen-bond acceptors (Lipinski definition) is 1. The van der Waals surface area contributed by atoms with Crippen LogP contribution >= 0.6 is 0 Å². The van der Waals surface area contributed by atoms with E-state index in [0.717, 1.165) is 0 Å². The Hall–Kier alpha value is -0.580. The highest BCUT2D eigenvalue weighted by molar-refractivity contribution is 4.73. The molecule has 0 saturated heterocycles. The Balaban J connectivity index is 3.46. The van der Waals surface area contributed by atoms with Gasteiger partial charge in [-0.1, -0.05) is 6.08 Å². The fourth-order valence-electron chi connectivity index (χ4n) is 0.704. The molecule has 5 heteroatoms. The average molecular weight is 199 g/mol. The Morgan fingerprint density at radius 3 is 2.46 bits per heavy atom. The van der Waals surface area contributed by atoms with Crippen LogP contribution < -0.4 is 5.32 Å². The summed E-state index contributed by atoms with van der Waals surface area (Å²) in [6.07, 6.45) is -0.636. The lowest BCUT2D eigenvalue weighted by molar-refractivity contribution is -0.125. The molecule has 78 valence electrons. The Morgan fingerprint density at radius 1 is 1.38 bits per heavy atom. The lowest BCUT2D eigenvalue weighted by atomic mass is 10.3. The molecular formula is C8H13F4N. The molecule has 0 aromatic carbocycles.